The summed E-state index contributed by atoms with van der Waals surface area (Å²) >= 11 is 0. The van der Waals surface area contributed by atoms with Gasteiger partial charge < -0.3 is 14.9 Å². The number of aliphatic hydroxyl groups is 1. The number of carbonyl (C=O) groups is 2. The lowest BCUT2D eigenvalue weighted by molar-refractivity contribution is -0.146. The van der Waals surface area contributed by atoms with E-state index in [2.05, 4.69) is 9.97 Å². The first-order valence-electron chi connectivity index (χ1n) is 9.91. The van der Waals surface area contributed by atoms with Crippen LogP contribution >= 0.6 is 0 Å². The Morgan fingerprint density at radius 3 is 2.48 bits per heavy atom. The van der Waals surface area contributed by atoms with Gasteiger partial charge in [0.1, 0.15) is 0 Å². The molecule has 0 atom stereocenters. The van der Waals surface area contributed by atoms with Gasteiger partial charge in [-0.15, -0.1) is 0 Å². The number of piperidine rings is 2. The Bertz CT molecular complexity index is 721. The Morgan fingerprint density at radius 2 is 1.89 bits per heavy atom. The zero-order valence-corrected chi connectivity index (χ0v) is 16.0. The monoisotopic (exact) mass is 372 g/mol. The average molecular weight is 372 g/mol. The molecule has 1 aromatic heterocycles. The molecular weight excluding hydrogens is 344 g/mol. The molecule has 2 amide bonds. The first-order chi connectivity index (χ1) is 13.0. The van der Waals surface area contributed by atoms with Gasteiger partial charge in [-0.2, -0.15) is 0 Å². The van der Waals surface area contributed by atoms with Crippen molar-refractivity contribution in [2.24, 2.45) is 10.8 Å². The van der Waals surface area contributed by atoms with E-state index in [9.17, 15) is 14.7 Å². The minimum Gasteiger partial charge on any atom is -0.395 e. The molecule has 7 nitrogen and oxygen atoms in total. The van der Waals surface area contributed by atoms with Crippen LogP contribution in [-0.4, -0.2) is 62.9 Å². The SMILES string of the molecule is Cc1cnc(CN2CC3(CCC2=O)CCN(C(=O)C2(CO)CC2)CC3)cn1. The quantitative estimate of drug-likeness (QED) is 0.861. The predicted molar refractivity (Wildman–Crippen MR) is 98.4 cm³/mol. The molecule has 1 saturated carbocycles. The number of aryl methyl sites for hydroxylation is 1. The van der Waals surface area contributed by atoms with Crippen molar-refractivity contribution in [1.29, 1.82) is 0 Å². The third-order valence-corrected chi connectivity index (χ3v) is 6.66. The molecular formula is C20H28N4O3. The number of aliphatic hydroxyl groups excluding tert-OH is 1. The van der Waals surface area contributed by atoms with Crippen LogP contribution in [0.25, 0.3) is 0 Å². The Hall–Kier alpha value is -2.02. The first-order valence-corrected chi connectivity index (χ1v) is 9.91. The van der Waals surface area contributed by atoms with Crippen molar-refractivity contribution >= 4 is 11.8 Å². The van der Waals surface area contributed by atoms with Crippen LogP contribution in [0.1, 0.15) is 49.9 Å². The lowest BCUT2D eigenvalue weighted by atomic mass is 9.72. The number of nitrogens with zero attached hydrogens (tertiary/aromatic N) is 4. The number of rotatable bonds is 4. The van der Waals surface area contributed by atoms with E-state index in [0.717, 1.165) is 63.1 Å². The standard InChI is InChI=1S/C20H28N4O3/c1-15-10-22-16(11-21-15)12-24-13-19(3-2-17(24)26)6-8-23(9-7-19)18(27)20(14-25)4-5-20/h10-11,25H,2-9,12-14H2,1H3. The maximum atomic E-state index is 12.7. The van der Waals surface area contributed by atoms with Crippen molar-refractivity contribution in [2.45, 2.75) is 52.0 Å². The number of hydrogen-bond donors (Lipinski definition) is 1. The number of aromatic nitrogens is 2. The predicted octanol–water partition coefficient (Wildman–Crippen LogP) is 1.29. The van der Waals surface area contributed by atoms with Crippen molar-refractivity contribution in [3.05, 3.63) is 23.8 Å². The van der Waals surface area contributed by atoms with Crippen molar-refractivity contribution < 1.29 is 14.7 Å². The molecule has 7 heteroatoms. The summed E-state index contributed by atoms with van der Waals surface area (Å²) in [5, 5.41) is 9.52. The lowest BCUT2D eigenvalue weighted by Crippen LogP contribution is -2.53. The van der Waals surface area contributed by atoms with Gasteiger partial charge in [0, 0.05) is 32.3 Å². The summed E-state index contributed by atoms with van der Waals surface area (Å²) in [6.07, 6.45) is 8.40. The number of carbonyl (C=O) groups excluding carboxylic acids is 2. The Labute approximate surface area is 159 Å². The molecule has 3 fully saturated rings. The maximum Gasteiger partial charge on any atom is 0.231 e. The fourth-order valence-corrected chi connectivity index (χ4v) is 4.46. The highest BCUT2D eigenvalue weighted by Crippen LogP contribution is 2.48. The highest BCUT2D eigenvalue weighted by atomic mass is 16.3. The maximum absolute atomic E-state index is 12.7. The van der Waals surface area contributed by atoms with E-state index in [4.69, 9.17) is 0 Å². The van der Waals surface area contributed by atoms with Crippen LogP contribution in [0.3, 0.4) is 0 Å². The fraction of sp³-hybridized carbons (Fsp3) is 0.700. The largest absolute Gasteiger partial charge is 0.395 e. The molecule has 0 bridgehead atoms. The summed E-state index contributed by atoms with van der Waals surface area (Å²) in [5.41, 5.74) is 1.30. The van der Waals surface area contributed by atoms with Gasteiger partial charge in [-0.1, -0.05) is 0 Å². The highest BCUT2D eigenvalue weighted by molar-refractivity contribution is 5.85. The van der Waals surface area contributed by atoms with Crippen LogP contribution in [0, 0.1) is 17.8 Å². The van der Waals surface area contributed by atoms with Gasteiger partial charge in [0.05, 0.1) is 36.2 Å². The Morgan fingerprint density at radius 1 is 1.15 bits per heavy atom. The van der Waals surface area contributed by atoms with E-state index >= 15 is 0 Å². The molecule has 0 aromatic carbocycles. The smallest absolute Gasteiger partial charge is 0.231 e. The second-order valence-electron chi connectivity index (χ2n) is 8.63. The van der Waals surface area contributed by atoms with E-state index in [1.807, 2.05) is 16.7 Å². The summed E-state index contributed by atoms with van der Waals surface area (Å²) in [5.74, 6) is 0.303. The van der Waals surface area contributed by atoms with E-state index in [1.165, 1.54) is 0 Å². The fourth-order valence-electron chi connectivity index (χ4n) is 4.46. The summed E-state index contributed by atoms with van der Waals surface area (Å²) in [6.45, 7) is 4.56. The molecule has 3 heterocycles. The first kappa shape index (κ1) is 18.3. The van der Waals surface area contributed by atoms with Crippen LogP contribution in [0.4, 0.5) is 0 Å². The molecule has 1 N–H and O–H groups in total. The molecule has 3 aliphatic rings. The van der Waals surface area contributed by atoms with Gasteiger partial charge in [0.15, 0.2) is 0 Å². The lowest BCUT2D eigenvalue weighted by Gasteiger charge is -2.47. The molecule has 1 aromatic rings. The van der Waals surface area contributed by atoms with Crippen LogP contribution in [-0.2, 0) is 16.1 Å². The van der Waals surface area contributed by atoms with Crippen molar-refractivity contribution in [3.63, 3.8) is 0 Å². The van der Waals surface area contributed by atoms with Gasteiger partial charge in [-0.05, 0) is 44.4 Å². The molecule has 2 saturated heterocycles. The van der Waals surface area contributed by atoms with E-state index in [0.29, 0.717) is 13.0 Å². The summed E-state index contributed by atoms with van der Waals surface area (Å²) < 4.78 is 0. The van der Waals surface area contributed by atoms with E-state index < -0.39 is 5.41 Å². The van der Waals surface area contributed by atoms with E-state index in [1.54, 1.807) is 12.4 Å². The summed E-state index contributed by atoms with van der Waals surface area (Å²) in [4.78, 5) is 37.6. The topological polar surface area (TPSA) is 86.6 Å². The molecule has 146 valence electrons. The van der Waals surface area contributed by atoms with Crippen LogP contribution < -0.4 is 0 Å². The van der Waals surface area contributed by atoms with E-state index in [-0.39, 0.29) is 23.8 Å². The molecule has 2 aliphatic heterocycles. The van der Waals surface area contributed by atoms with Gasteiger partial charge in [-0.3, -0.25) is 19.6 Å². The van der Waals surface area contributed by atoms with Crippen molar-refractivity contribution in [2.75, 3.05) is 26.2 Å². The molecule has 1 spiro atoms. The van der Waals surface area contributed by atoms with Gasteiger partial charge in [0.25, 0.3) is 0 Å². The Kier molecular flexibility index (Phi) is 4.66. The molecule has 0 unspecified atom stereocenters. The molecule has 1 aliphatic carbocycles. The molecule has 0 radical (unpaired) electrons. The van der Waals surface area contributed by atoms with Gasteiger partial charge >= 0.3 is 0 Å². The number of amides is 2. The normalized spacial score (nSPS) is 23.6. The summed E-state index contributed by atoms with van der Waals surface area (Å²) in [7, 11) is 0. The van der Waals surface area contributed by atoms with Crippen LogP contribution in [0.2, 0.25) is 0 Å². The average Bonchev–Trinajstić information content (AvgIpc) is 3.48. The van der Waals surface area contributed by atoms with Crippen LogP contribution in [0.15, 0.2) is 12.4 Å². The molecule has 27 heavy (non-hydrogen) atoms. The van der Waals surface area contributed by atoms with Gasteiger partial charge in [-0.25, -0.2) is 0 Å². The van der Waals surface area contributed by atoms with Crippen molar-refractivity contribution in [3.8, 4) is 0 Å². The second-order valence-corrected chi connectivity index (χ2v) is 8.63. The minimum atomic E-state index is -0.483. The van der Waals surface area contributed by atoms with Crippen molar-refractivity contribution in [1.82, 2.24) is 19.8 Å². The second kappa shape index (κ2) is 6.86. The number of hydrogen-bond acceptors (Lipinski definition) is 5. The Balaban J connectivity index is 1.38. The van der Waals surface area contributed by atoms with Gasteiger partial charge in [0.2, 0.25) is 11.8 Å². The minimum absolute atomic E-state index is 0.0344. The van der Waals surface area contributed by atoms with Crippen LogP contribution in [0.5, 0.6) is 0 Å². The third-order valence-electron chi connectivity index (χ3n) is 6.66. The zero-order chi connectivity index (χ0) is 19.1. The number of likely N-dealkylation sites (tertiary alicyclic amines) is 2. The molecule has 4 rings (SSSR count). The summed E-state index contributed by atoms with van der Waals surface area (Å²) in [6, 6.07) is 0. The highest BCUT2D eigenvalue weighted by Gasteiger charge is 2.52. The zero-order valence-electron chi connectivity index (χ0n) is 16.0. The third kappa shape index (κ3) is 3.57.